The standard InChI is InChI=1S/C56H50B4/c1-35-31-37(3)55(38(4)32-35)59-51-23-15-11-19-47(51)57(48-20-12-16-24-52(48)59)29-27-45-41(7)43(9)46(44(10)42(45)8)28-30-58-49-21-13-17-25-53(49)60(54-26-18-14-22-50(54)58)56-39(5)33-36(2)34-40(56)6/h11-26,31-34H,1-10H3. The molecule has 0 unspecified atom stereocenters. The lowest BCUT2D eigenvalue weighted by atomic mass is 9.22. The highest BCUT2D eigenvalue weighted by atomic mass is 14.2. The fourth-order valence-corrected chi connectivity index (χ4v) is 11.0. The van der Waals surface area contributed by atoms with Crippen molar-refractivity contribution in [1.29, 1.82) is 0 Å². The minimum absolute atomic E-state index is 0.0265. The van der Waals surface area contributed by atoms with Crippen molar-refractivity contribution in [2.45, 2.75) is 69.2 Å². The van der Waals surface area contributed by atoms with E-state index in [9.17, 15) is 0 Å². The summed E-state index contributed by atoms with van der Waals surface area (Å²) in [6.45, 7) is 22.7. The zero-order valence-electron chi connectivity index (χ0n) is 36.9. The van der Waals surface area contributed by atoms with Gasteiger partial charge in [-0.25, -0.2) is 0 Å². The van der Waals surface area contributed by atoms with Gasteiger partial charge in [0.05, 0.1) is 0 Å². The Morgan fingerprint density at radius 1 is 0.317 bits per heavy atom. The maximum atomic E-state index is 3.86. The van der Waals surface area contributed by atoms with Crippen molar-refractivity contribution in [3.63, 3.8) is 0 Å². The minimum atomic E-state index is -0.0265. The summed E-state index contributed by atoms with van der Waals surface area (Å²) in [6.07, 6.45) is 0. The molecule has 60 heavy (non-hydrogen) atoms. The van der Waals surface area contributed by atoms with E-state index in [0.29, 0.717) is 0 Å². The van der Waals surface area contributed by atoms with Gasteiger partial charge >= 0.3 is 0 Å². The van der Waals surface area contributed by atoms with Gasteiger partial charge in [0, 0.05) is 11.1 Å². The molecule has 7 aromatic carbocycles. The normalized spacial score (nSPS) is 12.4. The molecule has 2 aliphatic rings. The Balaban J connectivity index is 1.12. The number of aryl methyl sites for hydroxylation is 6. The molecule has 0 bridgehead atoms. The summed E-state index contributed by atoms with van der Waals surface area (Å²) in [5.41, 5.74) is 28.6. The zero-order valence-corrected chi connectivity index (χ0v) is 36.9. The first kappa shape index (κ1) is 39.4. The first-order valence-electron chi connectivity index (χ1n) is 21.6. The van der Waals surface area contributed by atoms with Crippen molar-refractivity contribution in [1.82, 2.24) is 0 Å². The number of hydrogen-bond donors (Lipinski definition) is 0. The molecule has 0 atom stereocenters. The largest absolute Gasteiger partial charge is 0.295 e. The highest BCUT2D eigenvalue weighted by Gasteiger charge is 2.39. The predicted octanol–water partition coefficient (Wildman–Crippen LogP) is 4.83. The molecule has 0 fully saturated rings. The van der Waals surface area contributed by atoms with E-state index in [1.165, 1.54) is 110 Å². The van der Waals surface area contributed by atoms with Crippen LogP contribution >= 0.6 is 0 Å². The second kappa shape index (κ2) is 15.5. The lowest BCUT2D eigenvalue weighted by molar-refractivity contribution is 1.20. The van der Waals surface area contributed by atoms with Gasteiger partial charge in [-0.1, -0.05) is 221 Å². The molecular formula is C56H50B4. The Bertz CT molecular complexity index is 2660. The van der Waals surface area contributed by atoms with Crippen LogP contribution in [0.3, 0.4) is 0 Å². The lowest BCUT2D eigenvalue weighted by Crippen LogP contribution is -2.72. The SMILES string of the molecule is Cc1cc(C)c(B2c3ccccc3B(C#Cc3c(C)c(C)c(C#CB4c5ccccc5B(c5c(C)cc(C)cc5C)c5ccccc54)c(C)c3C)c3ccccc32)c(C)c1. The van der Waals surface area contributed by atoms with Gasteiger partial charge < -0.3 is 0 Å². The van der Waals surface area contributed by atoms with Crippen LogP contribution in [-0.2, 0) is 0 Å². The molecule has 9 rings (SSSR count). The first-order chi connectivity index (χ1) is 28.9. The number of fused-ring (bicyclic) bond motifs is 4. The minimum Gasteiger partial charge on any atom is -0.137 e. The summed E-state index contributed by atoms with van der Waals surface area (Å²) in [5, 5.41) is 0. The van der Waals surface area contributed by atoms with Gasteiger partial charge in [0.2, 0.25) is 13.4 Å². The maximum Gasteiger partial charge on any atom is 0.295 e. The number of rotatable bonds is 2. The fourth-order valence-electron chi connectivity index (χ4n) is 11.0. The van der Waals surface area contributed by atoms with E-state index in [-0.39, 0.29) is 26.9 Å². The van der Waals surface area contributed by atoms with Gasteiger partial charge in [0.25, 0.3) is 13.4 Å². The Hall–Kier alpha value is -6.08. The quantitative estimate of drug-likeness (QED) is 0.175. The fraction of sp³-hybridized carbons (Fsp3) is 0.179. The molecule has 0 N–H and O–H groups in total. The summed E-state index contributed by atoms with van der Waals surface area (Å²) in [7, 11) is 0. The van der Waals surface area contributed by atoms with Crippen molar-refractivity contribution >= 4 is 81.5 Å². The van der Waals surface area contributed by atoms with E-state index in [0.717, 1.165) is 11.1 Å². The second-order valence-corrected chi connectivity index (χ2v) is 17.7. The van der Waals surface area contributed by atoms with E-state index < -0.39 is 0 Å². The highest BCUT2D eigenvalue weighted by Crippen LogP contribution is 2.26. The summed E-state index contributed by atoms with van der Waals surface area (Å²) < 4.78 is 0. The molecule has 286 valence electrons. The Morgan fingerprint density at radius 2 is 0.550 bits per heavy atom. The number of benzene rings is 7. The lowest BCUT2D eigenvalue weighted by Gasteiger charge is -2.31. The maximum absolute atomic E-state index is 3.86. The number of hydrogen-bond acceptors (Lipinski definition) is 0. The van der Waals surface area contributed by atoms with Gasteiger partial charge in [-0.15, -0.1) is 11.6 Å². The van der Waals surface area contributed by atoms with Crippen LogP contribution in [0, 0.1) is 92.7 Å². The third-order valence-corrected chi connectivity index (χ3v) is 13.8. The average Bonchev–Trinajstić information content (AvgIpc) is 3.23. The van der Waals surface area contributed by atoms with E-state index in [1.54, 1.807) is 0 Å². The van der Waals surface area contributed by atoms with Crippen molar-refractivity contribution < 1.29 is 0 Å². The van der Waals surface area contributed by atoms with Gasteiger partial charge in [0.15, 0.2) is 0 Å². The topological polar surface area (TPSA) is 0 Å². The van der Waals surface area contributed by atoms with E-state index in [1.807, 2.05) is 0 Å². The summed E-state index contributed by atoms with van der Waals surface area (Å²) in [4.78, 5) is 0. The Kier molecular flexibility index (Phi) is 10.2. The van der Waals surface area contributed by atoms with Crippen molar-refractivity contribution in [2.75, 3.05) is 0 Å². The van der Waals surface area contributed by atoms with Crippen LogP contribution < -0.4 is 54.6 Å². The van der Waals surface area contributed by atoms with E-state index in [4.69, 9.17) is 0 Å². The van der Waals surface area contributed by atoms with Crippen LogP contribution in [0.15, 0.2) is 121 Å². The van der Waals surface area contributed by atoms with Crippen molar-refractivity contribution in [2.24, 2.45) is 0 Å². The summed E-state index contributed by atoms with van der Waals surface area (Å²) in [6, 6.07) is 45.4. The third-order valence-electron chi connectivity index (χ3n) is 13.8. The highest BCUT2D eigenvalue weighted by molar-refractivity contribution is 7.10. The smallest absolute Gasteiger partial charge is 0.137 e. The second-order valence-electron chi connectivity index (χ2n) is 17.7. The van der Waals surface area contributed by atoms with Crippen LogP contribution in [0.2, 0.25) is 0 Å². The van der Waals surface area contributed by atoms with Crippen LogP contribution in [-0.4, -0.2) is 26.9 Å². The molecule has 0 saturated carbocycles. The predicted molar refractivity (Wildman–Crippen MR) is 266 cm³/mol. The third kappa shape index (κ3) is 6.50. The van der Waals surface area contributed by atoms with Crippen LogP contribution in [0.25, 0.3) is 0 Å². The van der Waals surface area contributed by atoms with Gasteiger partial charge in [0.1, 0.15) is 0 Å². The van der Waals surface area contributed by atoms with Crippen LogP contribution in [0.4, 0.5) is 0 Å². The zero-order chi connectivity index (χ0) is 42.0. The molecule has 2 heterocycles. The van der Waals surface area contributed by atoms with E-state index in [2.05, 4.69) is 214 Å². The van der Waals surface area contributed by atoms with Gasteiger partial charge in [-0.05, 0) is 91.5 Å². The van der Waals surface area contributed by atoms with Gasteiger partial charge in [-0.3, -0.25) is 0 Å². The van der Waals surface area contributed by atoms with Crippen LogP contribution in [0.1, 0.15) is 66.8 Å². The summed E-state index contributed by atoms with van der Waals surface area (Å²) >= 11 is 0. The Labute approximate surface area is 360 Å². The molecule has 0 spiro atoms. The van der Waals surface area contributed by atoms with Gasteiger partial charge in [-0.2, -0.15) is 0 Å². The molecular weight excluding hydrogens is 716 g/mol. The molecule has 0 saturated heterocycles. The molecule has 7 aromatic rings. The van der Waals surface area contributed by atoms with Crippen molar-refractivity contribution in [3.05, 3.63) is 188 Å². The monoisotopic (exact) mass is 766 g/mol. The molecule has 0 radical (unpaired) electrons. The first-order valence-corrected chi connectivity index (χ1v) is 21.6. The average molecular weight is 766 g/mol. The molecule has 0 aromatic heterocycles. The molecule has 0 aliphatic carbocycles. The van der Waals surface area contributed by atoms with Crippen molar-refractivity contribution in [3.8, 4) is 23.5 Å². The molecule has 4 heteroatoms. The van der Waals surface area contributed by atoms with Crippen LogP contribution in [0.5, 0.6) is 0 Å². The molecule has 0 nitrogen and oxygen atoms in total. The van der Waals surface area contributed by atoms with E-state index >= 15 is 0 Å². The molecule has 2 aliphatic heterocycles. The molecule has 0 amide bonds. The summed E-state index contributed by atoms with van der Waals surface area (Å²) in [5.74, 6) is 15.3. The Morgan fingerprint density at radius 3 is 0.800 bits per heavy atom.